The number of aryl methyl sites for hydroxylation is 1. The van der Waals surface area contributed by atoms with Crippen LogP contribution in [-0.4, -0.2) is 13.0 Å². The van der Waals surface area contributed by atoms with Gasteiger partial charge in [-0.15, -0.1) is 11.3 Å². The third-order valence-corrected chi connectivity index (χ3v) is 6.69. The molecular formula is C23H22N2O2S. The number of hydrogen-bond acceptors (Lipinski definition) is 4. The zero-order valence-corrected chi connectivity index (χ0v) is 16.9. The van der Waals surface area contributed by atoms with Gasteiger partial charge in [-0.1, -0.05) is 24.3 Å². The number of carbonyl (C=O) groups excluding carboxylic acids is 1. The largest absolute Gasteiger partial charge is 0.497 e. The number of thiophene rings is 1. The molecular weight excluding hydrogens is 368 g/mol. The SMILES string of the molecule is COc1ccc2cc([C@H](C)C(=O)Nc3sc4c(c3C#N)CCCC4)ccc2c1. The van der Waals surface area contributed by atoms with Gasteiger partial charge in [0.25, 0.3) is 0 Å². The maximum Gasteiger partial charge on any atom is 0.232 e. The fraction of sp³-hybridized carbons (Fsp3) is 0.304. The van der Waals surface area contributed by atoms with Gasteiger partial charge in [0, 0.05) is 4.88 Å². The molecule has 1 atom stereocenters. The molecule has 1 heterocycles. The van der Waals surface area contributed by atoms with Gasteiger partial charge in [0.05, 0.1) is 18.6 Å². The van der Waals surface area contributed by atoms with Crippen molar-refractivity contribution in [2.75, 3.05) is 12.4 Å². The molecule has 28 heavy (non-hydrogen) atoms. The monoisotopic (exact) mass is 390 g/mol. The van der Waals surface area contributed by atoms with E-state index in [0.717, 1.165) is 53.3 Å². The highest BCUT2D eigenvalue weighted by Crippen LogP contribution is 2.38. The van der Waals surface area contributed by atoms with Crippen molar-refractivity contribution >= 4 is 33.0 Å². The first kappa shape index (κ1) is 18.5. The van der Waals surface area contributed by atoms with Crippen molar-refractivity contribution in [1.82, 2.24) is 0 Å². The van der Waals surface area contributed by atoms with Gasteiger partial charge in [-0.05, 0) is 66.6 Å². The van der Waals surface area contributed by atoms with Crippen molar-refractivity contribution < 1.29 is 9.53 Å². The van der Waals surface area contributed by atoms with Crippen molar-refractivity contribution in [3.8, 4) is 11.8 Å². The summed E-state index contributed by atoms with van der Waals surface area (Å²) in [6.45, 7) is 1.90. The Bertz CT molecular complexity index is 1090. The number of anilines is 1. The Morgan fingerprint density at radius 2 is 1.93 bits per heavy atom. The number of methoxy groups -OCH3 is 1. The van der Waals surface area contributed by atoms with E-state index in [1.807, 2.05) is 43.3 Å². The van der Waals surface area contributed by atoms with Crippen LogP contribution in [0.5, 0.6) is 5.75 Å². The van der Waals surface area contributed by atoms with Crippen LogP contribution in [0.25, 0.3) is 10.8 Å². The van der Waals surface area contributed by atoms with E-state index >= 15 is 0 Å². The van der Waals surface area contributed by atoms with E-state index in [1.165, 1.54) is 4.88 Å². The van der Waals surface area contributed by atoms with E-state index in [-0.39, 0.29) is 11.8 Å². The highest BCUT2D eigenvalue weighted by molar-refractivity contribution is 7.16. The van der Waals surface area contributed by atoms with E-state index in [0.29, 0.717) is 10.6 Å². The number of ether oxygens (including phenoxy) is 1. The number of nitrogens with zero attached hydrogens (tertiary/aromatic N) is 1. The van der Waals surface area contributed by atoms with Gasteiger partial charge >= 0.3 is 0 Å². The van der Waals surface area contributed by atoms with Crippen molar-refractivity contribution in [3.63, 3.8) is 0 Å². The molecule has 2 aromatic carbocycles. The zero-order chi connectivity index (χ0) is 19.7. The minimum absolute atomic E-state index is 0.0806. The lowest BCUT2D eigenvalue weighted by Crippen LogP contribution is -2.18. The number of hydrogen-bond donors (Lipinski definition) is 1. The topological polar surface area (TPSA) is 62.1 Å². The minimum atomic E-state index is -0.308. The molecule has 1 N–H and O–H groups in total. The van der Waals surface area contributed by atoms with E-state index in [9.17, 15) is 10.1 Å². The van der Waals surface area contributed by atoms with Gasteiger partial charge in [-0.3, -0.25) is 4.79 Å². The minimum Gasteiger partial charge on any atom is -0.497 e. The van der Waals surface area contributed by atoms with Crippen LogP contribution >= 0.6 is 11.3 Å². The van der Waals surface area contributed by atoms with Crippen molar-refractivity contribution in [3.05, 3.63) is 58.0 Å². The van der Waals surface area contributed by atoms with Crippen LogP contribution in [0.2, 0.25) is 0 Å². The highest BCUT2D eigenvalue weighted by Gasteiger charge is 2.24. The maximum atomic E-state index is 12.9. The molecule has 1 aliphatic carbocycles. The second kappa shape index (κ2) is 7.65. The molecule has 4 rings (SSSR count). The fourth-order valence-electron chi connectivity index (χ4n) is 3.78. The number of nitriles is 1. The Kier molecular flexibility index (Phi) is 5.06. The Hall–Kier alpha value is -2.84. The van der Waals surface area contributed by atoms with Gasteiger partial charge in [0.15, 0.2) is 0 Å². The summed E-state index contributed by atoms with van der Waals surface area (Å²) >= 11 is 1.57. The summed E-state index contributed by atoms with van der Waals surface area (Å²) in [7, 11) is 1.65. The third kappa shape index (κ3) is 3.36. The van der Waals surface area contributed by atoms with Gasteiger partial charge in [0.1, 0.15) is 16.8 Å². The number of amides is 1. The number of nitrogens with one attached hydrogen (secondary N) is 1. The van der Waals surface area contributed by atoms with Crippen LogP contribution in [0.1, 0.15) is 47.3 Å². The summed E-state index contributed by atoms with van der Waals surface area (Å²) in [5.41, 5.74) is 2.75. The standard InChI is InChI=1S/C23H22N2O2S/c1-14(15-7-8-17-12-18(27-2)10-9-16(17)11-15)22(26)25-23-20(13-24)19-5-3-4-6-21(19)28-23/h7-12,14H,3-6H2,1-2H3,(H,25,26)/t14-/m0/s1. The van der Waals surface area contributed by atoms with Gasteiger partial charge in [-0.25, -0.2) is 0 Å². The van der Waals surface area contributed by atoms with Gasteiger partial charge in [0.2, 0.25) is 5.91 Å². The number of benzene rings is 2. The van der Waals surface area contributed by atoms with Gasteiger partial charge in [-0.2, -0.15) is 5.26 Å². The summed E-state index contributed by atoms with van der Waals surface area (Å²) in [5.74, 6) is 0.428. The summed E-state index contributed by atoms with van der Waals surface area (Å²) in [4.78, 5) is 14.2. The first-order chi connectivity index (χ1) is 13.6. The molecule has 1 amide bonds. The van der Waals surface area contributed by atoms with E-state index in [4.69, 9.17) is 4.74 Å². The normalized spacial score (nSPS) is 14.2. The number of fused-ring (bicyclic) bond motifs is 2. The molecule has 0 spiro atoms. The van der Waals surface area contributed by atoms with Crippen LogP contribution in [0, 0.1) is 11.3 Å². The van der Waals surface area contributed by atoms with E-state index in [2.05, 4.69) is 11.4 Å². The fourth-order valence-corrected chi connectivity index (χ4v) is 5.03. The quantitative estimate of drug-likeness (QED) is 0.648. The molecule has 0 saturated heterocycles. The molecule has 142 valence electrons. The summed E-state index contributed by atoms with van der Waals surface area (Å²) in [6, 6.07) is 14.3. The van der Waals surface area contributed by atoms with Crippen LogP contribution in [0.4, 0.5) is 5.00 Å². The lowest BCUT2D eigenvalue weighted by molar-refractivity contribution is -0.117. The summed E-state index contributed by atoms with van der Waals surface area (Å²) in [5, 5.41) is 15.5. The molecule has 1 aliphatic rings. The molecule has 5 heteroatoms. The average molecular weight is 391 g/mol. The predicted octanol–water partition coefficient (Wildman–Crippen LogP) is 5.40. The Morgan fingerprint density at radius 1 is 1.18 bits per heavy atom. The molecule has 1 aromatic heterocycles. The van der Waals surface area contributed by atoms with Gasteiger partial charge < -0.3 is 10.1 Å². The number of rotatable bonds is 4. The summed E-state index contributed by atoms with van der Waals surface area (Å²) in [6.07, 6.45) is 4.22. The Morgan fingerprint density at radius 3 is 2.71 bits per heavy atom. The lowest BCUT2D eigenvalue weighted by atomic mass is 9.95. The molecule has 0 unspecified atom stereocenters. The van der Waals surface area contributed by atoms with E-state index < -0.39 is 0 Å². The predicted molar refractivity (Wildman–Crippen MR) is 113 cm³/mol. The highest BCUT2D eigenvalue weighted by atomic mass is 32.1. The van der Waals surface area contributed by atoms with Crippen LogP contribution < -0.4 is 10.1 Å². The molecule has 3 aromatic rings. The smallest absolute Gasteiger partial charge is 0.232 e. The second-order valence-corrected chi connectivity index (χ2v) is 8.32. The third-order valence-electron chi connectivity index (χ3n) is 5.48. The molecule has 0 aliphatic heterocycles. The zero-order valence-electron chi connectivity index (χ0n) is 16.0. The first-order valence-corrected chi connectivity index (χ1v) is 10.4. The molecule has 0 radical (unpaired) electrons. The number of carbonyl (C=O) groups is 1. The van der Waals surface area contributed by atoms with Crippen LogP contribution in [0.15, 0.2) is 36.4 Å². The van der Waals surface area contributed by atoms with Crippen LogP contribution in [-0.2, 0) is 17.6 Å². The Balaban J connectivity index is 1.58. The lowest BCUT2D eigenvalue weighted by Gasteiger charge is -2.13. The van der Waals surface area contributed by atoms with Crippen molar-refractivity contribution in [1.29, 1.82) is 5.26 Å². The first-order valence-electron chi connectivity index (χ1n) is 9.54. The molecule has 0 fully saturated rings. The molecule has 4 nitrogen and oxygen atoms in total. The summed E-state index contributed by atoms with van der Waals surface area (Å²) < 4.78 is 5.27. The van der Waals surface area contributed by atoms with Crippen molar-refractivity contribution in [2.45, 2.75) is 38.5 Å². The molecule has 0 bridgehead atoms. The Labute approximate surface area is 168 Å². The molecule has 0 saturated carbocycles. The van der Waals surface area contributed by atoms with E-state index in [1.54, 1.807) is 18.4 Å². The second-order valence-electron chi connectivity index (χ2n) is 7.21. The van der Waals surface area contributed by atoms with Crippen LogP contribution in [0.3, 0.4) is 0 Å². The average Bonchev–Trinajstić information content (AvgIpc) is 3.09. The maximum absolute atomic E-state index is 12.9. The van der Waals surface area contributed by atoms with Crippen molar-refractivity contribution in [2.24, 2.45) is 0 Å².